The first-order valence-corrected chi connectivity index (χ1v) is 12.9. The number of allylic oxidation sites excluding steroid dienone is 1. The summed E-state index contributed by atoms with van der Waals surface area (Å²) in [6.45, 7) is 12.6. The first kappa shape index (κ1) is 21.6. The quantitative estimate of drug-likeness (QED) is 0.344. The number of hydrogen-bond acceptors (Lipinski definition) is 2. The molecule has 0 aromatic rings. The summed E-state index contributed by atoms with van der Waals surface area (Å²) in [7, 11) is 0. The molecule has 29 heavy (non-hydrogen) atoms. The van der Waals surface area contributed by atoms with E-state index >= 15 is 0 Å². The van der Waals surface area contributed by atoms with Crippen molar-refractivity contribution in [3.63, 3.8) is 0 Å². The molecular formula is C27H46N2. The Balaban J connectivity index is 1.49. The van der Waals surface area contributed by atoms with Gasteiger partial charge in [-0.25, -0.2) is 5.53 Å². The molecule has 3 saturated carbocycles. The summed E-state index contributed by atoms with van der Waals surface area (Å²) in [5, 5.41) is 3.88. The van der Waals surface area contributed by atoms with Gasteiger partial charge in [-0.05, 0) is 97.7 Å². The Morgan fingerprint density at radius 3 is 2.52 bits per heavy atom. The third-order valence-corrected chi connectivity index (χ3v) is 10.5. The molecule has 0 spiro atoms. The van der Waals surface area contributed by atoms with E-state index in [4.69, 9.17) is 5.53 Å². The lowest BCUT2D eigenvalue weighted by Crippen LogP contribution is -2.51. The van der Waals surface area contributed by atoms with Gasteiger partial charge in [-0.3, -0.25) is 0 Å². The fourth-order valence-electron chi connectivity index (χ4n) is 8.84. The molecule has 2 nitrogen and oxygen atoms in total. The summed E-state index contributed by atoms with van der Waals surface area (Å²) < 4.78 is 0. The van der Waals surface area contributed by atoms with Gasteiger partial charge < -0.3 is 0 Å². The van der Waals surface area contributed by atoms with Crippen LogP contribution in [-0.2, 0) is 0 Å². The van der Waals surface area contributed by atoms with E-state index in [1.807, 2.05) is 0 Å². The number of fused-ring (bicyclic) bond motifs is 5. The van der Waals surface area contributed by atoms with Crippen LogP contribution >= 0.6 is 0 Å². The summed E-state index contributed by atoms with van der Waals surface area (Å²) in [5.74, 6) is 5.53. The maximum absolute atomic E-state index is 7.49. The molecule has 0 aliphatic heterocycles. The molecule has 0 amide bonds. The molecule has 0 bridgehead atoms. The van der Waals surface area contributed by atoms with Crippen LogP contribution in [0.15, 0.2) is 16.8 Å². The minimum atomic E-state index is 0.172. The van der Waals surface area contributed by atoms with Crippen LogP contribution in [0.25, 0.3) is 0 Å². The van der Waals surface area contributed by atoms with Gasteiger partial charge in [0.2, 0.25) is 0 Å². The largest absolute Gasteiger partial charge is 0.209 e. The van der Waals surface area contributed by atoms with Gasteiger partial charge in [0.15, 0.2) is 0 Å². The van der Waals surface area contributed by atoms with Crippen LogP contribution in [0.4, 0.5) is 0 Å². The van der Waals surface area contributed by atoms with E-state index in [2.05, 4.69) is 45.8 Å². The number of nitrogens with zero attached hydrogens (tertiary/aromatic N) is 1. The Hall–Kier alpha value is -0.660. The van der Waals surface area contributed by atoms with E-state index in [-0.39, 0.29) is 6.04 Å². The van der Waals surface area contributed by atoms with Crippen LogP contribution < -0.4 is 0 Å². The fourth-order valence-corrected chi connectivity index (χ4v) is 8.84. The third kappa shape index (κ3) is 3.65. The molecule has 0 heterocycles. The van der Waals surface area contributed by atoms with Crippen LogP contribution in [0.5, 0.6) is 0 Å². The molecule has 1 N–H and O–H groups in total. The van der Waals surface area contributed by atoms with Crippen molar-refractivity contribution in [2.45, 2.75) is 111 Å². The topological polar surface area (TPSA) is 36.2 Å². The SMILES string of the molecule is CC(C)CCC[C@@H](C)[C@H]1CC[C@H]2[C@@H]3CCC4=C[C@@H](N=N)CC[C@]4(C)[C@H]3CC[C@]12C. The maximum Gasteiger partial charge on any atom is 0.0889 e. The Kier molecular flexibility index (Phi) is 6.04. The zero-order valence-electron chi connectivity index (χ0n) is 19.8. The highest BCUT2D eigenvalue weighted by Gasteiger charge is 2.59. The molecule has 2 heteroatoms. The minimum absolute atomic E-state index is 0.172. The monoisotopic (exact) mass is 398 g/mol. The molecule has 4 aliphatic carbocycles. The summed E-state index contributed by atoms with van der Waals surface area (Å²) in [6, 6.07) is 0.172. The van der Waals surface area contributed by atoms with Gasteiger partial charge in [-0.15, -0.1) is 0 Å². The van der Waals surface area contributed by atoms with E-state index in [1.54, 1.807) is 5.57 Å². The Morgan fingerprint density at radius 2 is 1.79 bits per heavy atom. The van der Waals surface area contributed by atoms with Crippen molar-refractivity contribution in [3.8, 4) is 0 Å². The first-order chi connectivity index (χ1) is 13.8. The van der Waals surface area contributed by atoms with Crippen LogP contribution in [0.3, 0.4) is 0 Å². The van der Waals surface area contributed by atoms with Crippen LogP contribution in [0, 0.1) is 51.9 Å². The number of rotatable bonds is 6. The van der Waals surface area contributed by atoms with E-state index in [0.29, 0.717) is 10.8 Å². The smallest absolute Gasteiger partial charge is 0.0889 e. The lowest BCUT2D eigenvalue weighted by atomic mass is 9.46. The molecule has 4 aliphatic rings. The van der Waals surface area contributed by atoms with Crippen molar-refractivity contribution in [2.24, 2.45) is 51.5 Å². The van der Waals surface area contributed by atoms with Crippen molar-refractivity contribution in [1.82, 2.24) is 0 Å². The fraction of sp³-hybridized carbons (Fsp3) is 0.926. The summed E-state index contributed by atoms with van der Waals surface area (Å²) in [5.41, 5.74) is 10.2. The van der Waals surface area contributed by atoms with Crippen LogP contribution in [0.2, 0.25) is 0 Å². The zero-order chi connectivity index (χ0) is 20.8. The molecule has 4 rings (SSSR count). The number of nitrogens with one attached hydrogen (secondary N) is 1. The second-order valence-corrected chi connectivity index (χ2v) is 12.3. The van der Waals surface area contributed by atoms with Gasteiger partial charge in [0, 0.05) is 0 Å². The molecule has 0 aromatic carbocycles. The summed E-state index contributed by atoms with van der Waals surface area (Å²) in [4.78, 5) is 0. The highest BCUT2D eigenvalue weighted by Crippen LogP contribution is 2.67. The van der Waals surface area contributed by atoms with Gasteiger partial charge in [-0.1, -0.05) is 65.5 Å². The van der Waals surface area contributed by atoms with Gasteiger partial charge in [-0.2, -0.15) is 5.11 Å². The Bertz CT molecular complexity index is 636. The lowest BCUT2D eigenvalue weighted by molar-refractivity contribution is -0.0597. The van der Waals surface area contributed by atoms with Gasteiger partial charge in [0.1, 0.15) is 0 Å². The second-order valence-electron chi connectivity index (χ2n) is 12.3. The number of hydrogen-bond donors (Lipinski definition) is 1. The molecule has 3 fully saturated rings. The maximum atomic E-state index is 7.49. The van der Waals surface area contributed by atoms with Gasteiger partial charge in [0.25, 0.3) is 0 Å². The Morgan fingerprint density at radius 1 is 1.00 bits per heavy atom. The van der Waals surface area contributed by atoms with E-state index < -0.39 is 0 Å². The molecule has 0 radical (unpaired) electrons. The molecule has 8 atom stereocenters. The minimum Gasteiger partial charge on any atom is -0.209 e. The molecule has 0 aromatic heterocycles. The van der Waals surface area contributed by atoms with E-state index in [9.17, 15) is 0 Å². The normalized spacial score (nSPS) is 45.2. The van der Waals surface area contributed by atoms with Crippen molar-refractivity contribution in [2.75, 3.05) is 0 Å². The molecular weight excluding hydrogens is 352 g/mol. The molecule has 0 saturated heterocycles. The predicted octanol–water partition coefficient (Wildman–Crippen LogP) is 8.43. The molecule has 164 valence electrons. The predicted molar refractivity (Wildman–Crippen MR) is 122 cm³/mol. The zero-order valence-corrected chi connectivity index (χ0v) is 19.8. The lowest BCUT2D eigenvalue weighted by Gasteiger charge is -2.59. The van der Waals surface area contributed by atoms with Crippen molar-refractivity contribution in [3.05, 3.63) is 11.6 Å². The second kappa shape index (κ2) is 8.12. The Labute approximate surface area is 180 Å². The van der Waals surface area contributed by atoms with Crippen molar-refractivity contribution in [1.29, 1.82) is 5.53 Å². The van der Waals surface area contributed by atoms with E-state index in [0.717, 1.165) is 41.9 Å². The van der Waals surface area contributed by atoms with Gasteiger partial charge >= 0.3 is 0 Å². The average molecular weight is 399 g/mol. The highest BCUT2D eigenvalue weighted by atomic mass is 15.0. The van der Waals surface area contributed by atoms with E-state index in [1.165, 1.54) is 64.2 Å². The summed E-state index contributed by atoms with van der Waals surface area (Å²) >= 11 is 0. The third-order valence-electron chi connectivity index (χ3n) is 10.5. The average Bonchev–Trinajstić information content (AvgIpc) is 3.04. The standard InChI is InChI=1S/C27H46N2/c1-18(2)7-6-8-19(3)23-11-12-24-22-10-9-20-17-21(29-28)13-15-26(20,4)25(22)14-16-27(23,24)5/h17-19,21-25,28H,6-16H2,1-5H3/t19-,21+,22+,23-,24+,25+,26+,27-/m1/s1. The van der Waals surface area contributed by atoms with Crippen molar-refractivity contribution < 1.29 is 0 Å². The highest BCUT2D eigenvalue weighted by molar-refractivity contribution is 5.26. The van der Waals surface area contributed by atoms with Crippen molar-refractivity contribution >= 4 is 0 Å². The van der Waals surface area contributed by atoms with Crippen LogP contribution in [0.1, 0.15) is 105 Å². The van der Waals surface area contributed by atoms with Gasteiger partial charge in [0.05, 0.1) is 6.04 Å². The van der Waals surface area contributed by atoms with Crippen LogP contribution in [-0.4, -0.2) is 6.04 Å². The molecule has 0 unspecified atom stereocenters. The first-order valence-electron chi connectivity index (χ1n) is 12.9. The summed E-state index contributed by atoms with van der Waals surface area (Å²) in [6.07, 6.45) is 17.6.